The second-order valence-electron chi connectivity index (χ2n) is 4.29. The van der Waals surface area contributed by atoms with Crippen molar-refractivity contribution in [1.82, 2.24) is 10.6 Å². The summed E-state index contributed by atoms with van der Waals surface area (Å²) in [5.41, 5.74) is 0.678. The number of carbonyl (C=O) groups is 2. The number of carboxylic acid groups (broad SMARTS) is 1. The molecule has 7 heteroatoms. The zero-order valence-corrected chi connectivity index (χ0v) is 11.7. The Morgan fingerprint density at radius 1 is 1.45 bits per heavy atom. The van der Waals surface area contributed by atoms with E-state index in [0.29, 0.717) is 12.0 Å². The summed E-state index contributed by atoms with van der Waals surface area (Å²) in [5.74, 6) is -1.41. The van der Waals surface area contributed by atoms with Gasteiger partial charge in [-0.1, -0.05) is 17.7 Å². The van der Waals surface area contributed by atoms with E-state index in [0.717, 1.165) is 0 Å². The summed E-state index contributed by atoms with van der Waals surface area (Å²) in [4.78, 5) is 21.8. The first-order valence-corrected chi connectivity index (χ1v) is 6.49. The maximum Gasteiger partial charge on any atom is 0.315 e. The number of nitrogens with one attached hydrogen (secondary N) is 2. The molecule has 1 aromatic rings. The summed E-state index contributed by atoms with van der Waals surface area (Å²) in [5, 5.41) is 13.6. The lowest BCUT2D eigenvalue weighted by molar-refractivity contribution is -0.137. The van der Waals surface area contributed by atoms with E-state index in [9.17, 15) is 14.0 Å². The molecule has 5 nitrogen and oxygen atoms in total. The molecule has 0 aliphatic heterocycles. The third kappa shape index (κ3) is 5.44. The first-order valence-electron chi connectivity index (χ1n) is 6.11. The fourth-order valence-corrected chi connectivity index (χ4v) is 1.74. The van der Waals surface area contributed by atoms with Gasteiger partial charge in [-0.2, -0.15) is 0 Å². The van der Waals surface area contributed by atoms with Crippen LogP contribution in [0, 0.1) is 5.82 Å². The highest BCUT2D eigenvalue weighted by Crippen LogP contribution is 2.20. The number of amides is 2. The Balaban J connectivity index is 2.41. The molecule has 0 radical (unpaired) electrons. The van der Waals surface area contributed by atoms with Crippen LogP contribution in [0.5, 0.6) is 0 Å². The van der Waals surface area contributed by atoms with E-state index < -0.39 is 17.8 Å². The van der Waals surface area contributed by atoms with Gasteiger partial charge in [0.25, 0.3) is 0 Å². The van der Waals surface area contributed by atoms with E-state index in [2.05, 4.69) is 10.6 Å². The predicted molar refractivity (Wildman–Crippen MR) is 73.2 cm³/mol. The van der Waals surface area contributed by atoms with Crippen LogP contribution in [0.4, 0.5) is 9.18 Å². The van der Waals surface area contributed by atoms with Crippen molar-refractivity contribution in [2.24, 2.45) is 0 Å². The third-order valence-corrected chi connectivity index (χ3v) is 2.93. The summed E-state index contributed by atoms with van der Waals surface area (Å²) in [7, 11) is 0. The van der Waals surface area contributed by atoms with E-state index >= 15 is 0 Å². The summed E-state index contributed by atoms with van der Waals surface area (Å²) in [6, 6.07) is 3.47. The molecule has 1 aromatic carbocycles. The number of benzene rings is 1. The Morgan fingerprint density at radius 3 is 2.75 bits per heavy atom. The largest absolute Gasteiger partial charge is 0.481 e. The fraction of sp³-hybridized carbons (Fsp3) is 0.385. The molecule has 0 saturated carbocycles. The van der Waals surface area contributed by atoms with Crippen molar-refractivity contribution < 1.29 is 19.1 Å². The Labute approximate surface area is 121 Å². The average molecular weight is 303 g/mol. The van der Waals surface area contributed by atoms with Crippen molar-refractivity contribution in [2.45, 2.75) is 25.8 Å². The van der Waals surface area contributed by atoms with Crippen LogP contribution >= 0.6 is 11.6 Å². The minimum absolute atomic E-state index is 0.00184. The summed E-state index contributed by atoms with van der Waals surface area (Å²) in [6.07, 6.45) is 0.364. The smallest absolute Gasteiger partial charge is 0.315 e. The molecule has 0 saturated heterocycles. The second-order valence-corrected chi connectivity index (χ2v) is 4.70. The maximum absolute atomic E-state index is 13.0. The van der Waals surface area contributed by atoms with Crippen molar-refractivity contribution in [3.05, 3.63) is 34.6 Å². The summed E-state index contributed by atoms with van der Waals surface area (Å²) >= 11 is 5.67. The number of urea groups is 1. The number of hydrogen-bond acceptors (Lipinski definition) is 2. The van der Waals surface area contributed by atoms with Gasteiger partial charge in [-0.3, -0.25) is 4.79 Å². The minimum atomic E-state index is -0.901. The second kappa shape index (κ2) is 7.69. The highest BCUT2D eigenvalue weighted by atomic mass is 35.5. The first-order chi connectivity index (χ1) is 9.40. The molecule has 0 heterocycles. The fourth-order valence-electron chi connectivity index (χ4n) is 1.55. The Bertz CT molecular complexity index is 497. The van der Waals surface area contributed by atoms with Gasteiger partial charge in [0, 0.05) is 13.0 Å². The topological polar surface area (TPSA) is 78.4 Å². The van der Waals surface area contributed by atoms with Crippen LogP contribution in [0.2, 0.25) is 5.02 Å². The molecule has 0 aliphatic carbocycles. The summed E-state index contributed by atoms with van der Waals surface area (Å²) < 4.78 is 13.0. The molecule has 110 valence electrons. The van der Waals surface area contributed by atoms with E-state index in [1.54, 1.807) is 6.92 Å². The zero-order chi connectivity index (χ0) is 15.1. The molecule has 0 aliphatic rings. The first kappa shape index (κ1) is 16.2. The zero-order valence-electron chi connectivity index (χ0n) is 11.0. The van der Waals surface area contributed by atoms with Gasteiger partial charge in [0.15, 0.2) is 0 Å². The molecular formula is C13H16ClFN2O3. The molecule has 0 aromatic heterocycles. The van der Waals surface area contributed by atoms with Crippen molar-refractivity contribution in [3.63, 3.8) is 0 Å². The van der Waals surface area contributed by atoms with Crippen LogP contribution in [0.3, 0.4) is 0 Å². The molecule has 20 heavy (non-hydrogen) atoms. The number of carbonyl (C=O) groups excluding carboxylic acids is 1. The van der Waals surface area contributed by atoms with Crippen LogP contribution in [0.25, 0.3) is 0 Å². The van der Waals surface area contributed by atoms with Gasteiger partial charge >= 0.3 is 12.0 Å². The average Bonchev–Trinajstić information content (AvgIpc) is 2.37. The van der Waals surface area contributed by atoms with E-state index in [-0.39, 0.29) is 24.0 Å². The highest BCUT2D eigenvalue weighted by Gasteiger charge is 2.11. The Kier molecular flexibility index (Phi) is 6.24. The lowest BCUT2D eigenvalue weighted by Crippen LogP contribution is -2.37. The van der Waals surface area contributed by atoms with Gasteiger partial charge in [-0.15, -0.1) is 0 Å². The van der Waals surface area contributed by atoms with Crippen molar-refractivity contribution >= 4 is 23.6 Å². The van der Waals surface area contributed by atoms with Gasteiger partial charge in [0.1, 0.15) is 5.82 Å². The Morgan fingerprint density at radius 2 is 2.15 bits per heavy atom. The van der Waals surface area contributed by atoms with Crippen molar-refractivity contribution in [3.8, 4) is 0 Å². The van der Waals surface area contributed by atoms with Gasteiger partial charge < -0.3 is 15.7 Å². The lowest BCUT2D eigenvalue weighted by atomic mass is 10.1. The molecule has 2 amide bonds. The van der Waals surface area contributed by atoms with Gasteiger partial charge in [0.2, 0.25) is 0 Å². The highest BCUT2D eigenvalue weighted by molar-refractivity contribution is 6.30. The standard InChI is InChI=1S/C13H16ClFN2O3/c1-8(9-4-5-11(15)10(14)7-9)17-13(20)16-6-2-3-12(18)19/h4-5,7-8H,2-3,6H2,1H3,(H,18,19)(H2,16,17,20). The lowest BCUT2D eigenvalue weighted by Gasteiger charge is -2.15. The van der Waals surface area contributed by atoms with Crippen molar-refractivity contribution in [2.75, 3.05) is 6.54 Å². The SMILES string of the molecule is CC(NC(=O)NCCCC(=O)O)c1ccc(F)c(Cl)c1. The molecule has 0 fully saturated rings. The van der Waals surface area contributed by atoms with Crippen LogP contribution in [0.1, 0.15) is 31.4 Å². The molecule has 1 rings (SSSR count). The van der Waals surface area contributed by atoms with Crippen LogP contribution in [-0.2, 0) is 4.79 Å². The molecule has 0 spiro atoms. The van der Waals surface area contributed by atoms with Gasteiger partial charge in [0.05, 0.1) is 11.1 Å². The van der Waals surface area contributed by atoms with E-state index in [4.69, 9.17) is 16.7 Å². The normalized spacial score (nSPS) is 11.8. The van der Waals surface area contributed by atoms with Gasteiger partial charge in [-0.25, -0.2) is 9.18 Å². The van der Waals surface area contributed by atoms with Gasteiger partial charge in [-0.05, 0) is 31.0 Å². The monoisotopic (exact) mass is 302 g/mol. The Hall–Kier alpha value is -1.82. The van der Waals surface area contributed by atoms with E-state index in [1.165, 1.54) is 18.2 Å². The van der Waals surface area contributed by atoms with Crippen LogP contribution in [-0.4, -0.2) is 23.7 Å². The molecule has 0 bridgehead atoms. The quantitative estimate of drug-likeness (QED) is 0.707. The van der Waals surface area contributed by atoms with Crippen LogP contribution < -0.4 is 10.6 Å². The number of hydrogen-bond donors (Lipinski definition) is 3. The number of carboxylic acids is 1. The number of rotatable bonds is 6. The predicted octanol–water partition coefficient (Wildman–Crippen LogP) is 2.70. The number of halogens is 2. The molecule has 1 unspecified atom stereocenters. The molecule has 1 atom stereocenters. The minimum Gasteiger partial charge on any atom is -0.481 e. The molecular weight excluding hydrogens is 287 g/mol. The number of aliphatic carboxylic acids is 1. The molecule has 3 N–H and O–H groups in total. The summed E-state index contributed by atoms with van der Waals surface area (Å²) in [6.45, 7) is 2.01. The third-order valence-electron chi connectivity index (χ3n) is 2.64. The van der Waals surface area contributed by atoms with Crippen molar-refractivity contribution in [1.29, 1.82) is 0 Å². The van der Waals surface area contributed by atoms with E-state index in [1.807, 2.05) is 0 Å². The maximum atomic E-state index is 13.0. The van der Waals surface area contributed by atoms with Crippen LogP contribution in [0.15, 0.2) is 18.2 Å².